The van der Waals surface area contributed by atoms with E-state index in [1.54, 1.807) is 0 Å². The second-order valence-electron chi connectivity index (χ2n) is 5.62. The van der Waals surface area contributed by atoms with E-state index >= 15 is 0 Å². The van der Waals surface area contributed by atoms with E-state index in [0.717, 1.165) is 12.8 Å². The van der Waals surface area contributed by atoms with Crippen molar-refractivity contribution in [2.45, 2.75) is 31.3 Å². The van der Waals surface area contributed by atoms with Crippen molar-refractivity contribution in [3.63, 3.8) is 0 Å². The Labute approximate surface area is 122 Å². The molecular formula is C15H18FN3O2. The predicted molar refractivity (Wildman–Crippen MR) is 76.2 cm³/mol. The molecule has 2 aliphatic heterocycles. The van der Waals surface area contributed by atoms with Crippen molar-refractivity contribution in [2.75, 3.05) is 18.4 Å². The highest BCUT2D eigenvalue weighted by Gasteiger charge is 2.38. The molecule has 0 radical (unpaired) electrons. The second-order valence-corrected chi connectivity index (χ2v) is 5.62. The summed E-state index contributed by atoms with van der Waals surface area (Å²) in [6, 6.07) is 6.09. The van der Waals surface area contributed by atoms with Gasteiger partial charge in [0.15, 0.2) is 0 Å². The highest BCUT2D eigenvalue weighted by Crippen LogP contribution is 2.27. The lowest BCUT2D eigenvalue weighted by atomic mass is 10.1. The molecule has 2 saturated heterocycles. The first-order chi connectivity index (χ1) is 10.1. The van der Waals surface area contributed by atoms with Crippen LogP contribution >= 0.6 is 0 Å². The maximum Gasteiger partial charge on any atom is 0.238 e. The number of amides is 2. The van der Waals surface area contributed by atoms with Gasteiger partial charge in [-0.2, -0.15) is 0 Å². The molecule has 2 bridgehead atoms. The van der Waals surface area contributed by atoms with Gasteiger partial charge in [0.2, 0.25) is 11.8 Å². The van der Waals surface area contributed by atoms with Crippen LogP contribution in [0, 0.1) is 5.82 Å². The third-order valence-electron chi connectivity index (χ3n) is 4.18. The smallest absolute Gasteiger partial charge is 0.238 e. The minimum Gasteiger partial charge on any atom is -0.354 e. The fraction of sp³-hybridized carbons (Fsp3) is 0.467. The number of nitrogens with zero attached hydrogens (tertiary/aromatic N) is 1. The monoisotopic (exact) mass is 291 g/mol. The lowest BCUT2D eigenvalue weighted by molar-refractivity contribution is -0.122. The van der Waals surface area contributed by atoms with Crippen molar-refractivity contribution < 1.29 is 14.0 Å². The summed E-state index contributed by atoms with van der Waals surface area (Å²) in [4.78, 5) is 25.8. The average Bonchev–Trinajstić information content (AvgIpc) is 2.72. The first-order valence-electron chi connectivity index (χ1n) is 7.19. The van der Waals surface area contributed by atoms with E-state index < -0.39 is 0 Å². The molecule has 6 heteroatoms. The quantitative estimate of drug-likeness (QED) is 0.877. The van der Waals surface area contributed by atoms with Crippen molar-refractivity contribution in [3.8, 4) is 0 Å². The van der Waals surface area contributed by atoms with Crippen molar-refractivity contribution in [2.24, 2.45) is 0 Å². The van der Waals surface area contributed by atoms with Crippen LogP contribution in [-0.4, -0.2) is 41.9 Å². The number of halogens is 1. The molecule has 2 atom stereocenters. The molecule has 1 aromatic carbocycles. The SMILES string of the molecule is O=C1C[C@@H]2CC[C@H](CN1)N2CC(=O)Nc1ccc(F)cc1. The molecule has 112 valence electrons. The summed E-state index contributed by atoms with van der Waals surface area (Å²) < 4.78 is 12.8. The van der Waals surface area contributed by atoms with E-state index in [1.165, 1.54) is 24.3 Å². The summed E-state index contributed by atoms with van der Waals surface area (Å²) in [7, 11) is 0. The van der Waals surface area contributed by atoms with Gasteiger partial charge in [-0.1, -0.05) is 0 Å². The van der Waals surface area contributed by atoms with Gasteiger partial charge in [0, 0.05) is 30.7 Å². The van der Waals surface area contributed by atoms with Crippen LogP contribution < -0.4 is 10.6 Å². The number of hydrogen-bond donors (Lipinski definition) is 2. The topological polar surface area (TPSA) is 61.4 Å². The molecule has 2 amide bonds. The Morgan fingerprint density at radius 2 is 2.00 bits per heavy atom. The molecule has 1 aromatic rings. The molecule has 2 heterocycles. The highest BCUT2D eigenvalue weighted by atomic mass is 19.1. The first kappa shape index (κ1) is 14.0. The van der Waals surface area contributed by atoms with Gasteiger partial charge >= 0.3 is 0 Å². The first-order valence-corrected chi connectivity index (χ1v) is 7.19. The molecule has 2 fully saturated rings. The van der Waals surface area contributed by atoms with Crippen LogP contribution in [0.4, 0.5) is 10.1 Å². The van der Waals surface area contributed by atoms with Gasteiger partial charge in [0.1, 0.15) is 5.82 Å². The van der Waals surface area contributed by atoms with Gasteiger partial charge in [-0.3, -0.25) is 14.5 Å². The number of carbonyl (C=O) groups excluding carboxylic acids is 2. The van der Waals surface area contributed by atoms with Crippen molar-refractivity contribution in [1.82, 2.24) is 10.2 Å². The Morgan fingerprint density at radius 1 is 1.29 bits per heavy atom. The summed E-state index contributed by atoms with van der Waals surface area (Å²) >= 11 is 0. The number of benzene rings is 1. The van der Waals surface area contributed by atoms with Crippen molar-refractivity contribution >= 4 is 17.5 Å². The Kier molecular flexibility index (Phi) is 3.88. The molecule has 0 spiro atoms. The van der Waals surface area contributed by atoms with Gasteiger partial charge in [-0.25, -0.2) is 4.39 Å². The molecule has 0 aliphatic carbocycles. The summed E-state index contributed by atoms with van der Waals surface area (Å²) in [5.41, 5.74) is 0.581. The number of rotatable bonds is 3. The Hall–Kier alpha value is -1.95. The third-order valence-corrected chi connectivity index (χ3v) is 4.18. The van der Waals surface area contributed by atoms with Gasteiger partial charge in [0.05, 0.1) is 6.54 Å². The van der Waals surface area contributed by atoms with Crippen LogP contribution in [0.25, 0.3) is 0 Å². The number of nitrogens with one attached hydrogen (secondary N) is 2. The minimum absolute atomic E-state index is 0.0612. The normalized spacial score (nSPS) is 25.3. The summed E-state index contributed by atoms with van der Waals surface area (Å²) in [6.07, 6.45) is 2.43. The van der Waals surface area contributed by atoms with Gasteiger partial charge in [-0.15, -0.1) is 0 Å². The van der Waals surface area contributed by atoms with Crippen LogP contribution in [0.15, 0.2) is 24.3 Å². The standard InChI is InChI=1S/C15H18FN3O2/c16-10-1-3-11(4-2-10)18-15(21)9-19-12-5-6-13(19)8-17-14(20)7-12/h1-4,12-13H,5-9H2,(H,17,20)(H,18,21)/t12-,13+/m0/s1. The Bertz CT molecular complexity index is 546. The van der Waals surface area contributed by atoms with Crippen LogP contribution in [0.2, 0.25) is 0 Å². The summed E-state index contributed by atoms with van der Waals surface area (Å²) in [5, 5.41) is 5.65. The van der Waals surface area contributed by atoms with Gasteiger partial charge in [-0.05, 0) is 37.1 Å². The van der Waals surface area contributed by atoms with E-state index in [0.29, 0.717) is 18.7 Å². The number of fused-ring (bicyclic) bond motifs is 2. The average molecular weight is 291 g/mol. The molecule has 5 nitrogen and oxygen atoms in total. The number of carbonyl (C=O) groups is 2. The van der Waals surface area contributed by atoms with Crippen LogP contribution in [0.3, 0.4) is 0 Å². The second kappa shape index (κ2) is 5.81. The zero-order valence-corrected chi connectivity index (χ0v) is 11.6. The molecular weight excluding hydrogens is 273 g/mol. The highest BCUT2D eigenvalue weighted by molar-refractivity contribution is 5.92. The van der Waals surface area contributed by atoms with Crippen molar-refractivity contribution in [1.29, 1.82) is 0 Å². The van der Waals surface area contributed by atoms with E-state index in [2.05, 4.69) is 15.5 Å². The molecule has 2 N–H and O–H groups in total. The van der Waals surface area contributed by atoms with Crippen molar-refractivity contribution in [3.05, 3.63) is 30.1 Å². The predicted octanol–water partition coefficient (Wildman–Crippen LogP) is 1.12. The summed E-state index contributed by atoms with van der Waals surface area (Å²) in [6.45, 7) is 0.876. The van der Waals surface area contributed by atoms with E-state index in [9.17, 15) is 14.0 Å². The number of anilines is 1. The van der Waals surface area contributed by atoms with E-state index in [1.807, 2.05) is 0 Å². The van der Waals surface area contributed by atoms with Crippen LogP contribution in [0.5, 0.6) is 0 Å². The largest absolute Gasteiger partial charge is 0.354 e. The lowest BCUT2D eigenvalue weighted by Gasteiger charge is -2.26. The maximum atomic E-state index is 12.8. The number of hydrogen-bond acceptors (Lipinski definition) is 3. The van der Waals surface area contributed by atoms with Gasteiger partial charge in [0.25, 0.3) is 0 Å². The fourth-order valence-electron chi connectivity index (χ4n) is 3.13. The zero-order chi connectivity index (χ0) is 14.8. The Morgan fingerprint density at radius 3 is 2.76 bits per heavy atom. The fourth-order valence-corrected chi connectivity index (χ4v) is 3.13. The third kappa shape index (κ3) is 3.21. The Balaban J connectivity index is 1.61. The van der Waals surface area contributed by atoms with Gasteiger partial charge < -0.3 is 10.6 Å². The van der Waals surface area contributed by atoms with E-state index in [4.69, 9.17) is 0 Å². The molecule has 0 unspecified atom stereocenters. The van der Waals surface area contributed by atoms with E-state index in [-0.39, 0.29) is 36.3 Å². The molecule has 0 saturated carbocycles. The molecule has 21 heavy (non-hydrogen) atoms. The molecule has 3 rings (SSSR count). The minimum atomic E-state index is -0.330. The zero-order valence-electron chi connectivity index (χ0n) is 11.6. The van der Waals surface area contributed by atoms with Crippen LogP contribution in [-0.2, 0) is 9.59 Å². The molecule has 0 aromatic heterocycles. The maximum absolute atomic E-state index is 12.8. The lowest BCUT2D eigenvalue weighted by Crippen LogP contribution is -2.42. The summed E-state index contributed by atoms with van der Waals surface area (Å²) in [5.74, 6) is -0.401. The molecule has 2 aliphatic rings. The van der Waals surface area contributed by atoms with Crippen LogP contribution in [0.1, 0.15) is 19.3 Å².